The van der Waals surface area contributed by atoms with Gasteiger partial charge in [0.05, 0.1) is 0 Å². The van der Waals surface area contributed by atoms with Crippen LogP contribution in [0.3, 0.4) is 0 Å². The van der Waals surface area contributed by atoms with Gasteiger partial charge in [-0.1, -0.05) is 79.7 Å². The average molecular weight is 262 g/mol. The Kier molecular flexibility index (Phi) is 5.08. The number of carbonyl (C=O) groups is 1. The summed E-state index contributed by atoms with van der Waals surface area (Å²) < 4.78 is 0. The van der Waals surface area contributed by atoms with Crippen molar-refractivity contribution in [2.75, 3.05) is 0 Å². The van der Waals surface area contributed by atoms with Crippen molar-refractivity contribution in [1.29, 1.82) is 0 Å². The molecule has 0 heterocycles. The molecule has 0 N–H and O–H groups in total. The lowest BCUT2D eigenvalue weighted by Crippen LogP contribution is -1.93. The lowest BCUT2D eigenvalue weighted by Gasteiger charge is -2.00. The van der Waals surface area contributed by atoms with E-state index in [0.29, 0.717) is 5.56 Å². The van der Waals surface area contributed by atoms with Gasteiger partial charge in [-0.25, -0.2) is 0 Å². The largest absolute Gasteiger partial charge is 0.289 e. The second-order valence-corrected chi connectivity index (χ2v) is 4.50. The van der Waals surface area contributed by atoms with E-state index < -0.39 is 0 Å². The van der Waals surface area contributed by atoms with Gasteiger partial charge in [0.15, 0.2) is 5.78 Å². The summed E-state index contributed by atoms with van der Waals surface area (Å²) in [5.41, 5.74) is 2.90. The molecule has 0 saturated heterocycles. The van der Waals surface area contributed by atoms with Gasteiger partial charge in [0.2, 0.25) is 0 Å². The number of hydrogen-bond acceptors (Lipinski definition) is 1. The van der Waals surface area contributed by atoms with E-state index in [9.17, 15) is 4.79 Å². The van der Waals surface area contributed by atoms with E-state index >= 15 is 0 Å². The summed E-state index contributed by atoms with van der Waals surface area (Å²) in [7, 11) is 0. The molecule has 0 amide bonds. The maximum Gasteiger partial charge on any atom is 0.185 e. The van der Waals surface area contributed by atoms with Crippen LogP contribution in [0.4, 0.5) is 0 Å². The average Bonchev–Trinajstić information content (AvgIpc) is 2.52. The zero-order valence-electron chi connectivity index (χ0n) is 11.6. The molecule has 1 heteroatoms. The number of ketones is 1. The zero-order valence-corrected chi connectivity index (χ0v) is 11.6. The van der Waals surface area contributed by atoms with Crippen molar-refractivity contribution < 1.29 is 4.79 Å². The van der Waals surface area contributed by atoms with Gasteiger partial charge < -0.3 is 0 Å². The highest BCUT2D eigenvalue weighted by molar-refractivity contribution is 6.06. The Balaban J connectivity index is 2.20. The van der Waals surface area contributed by atoms with Gasteiger partial charge in [-0.15, -0.1) is 0 Å². The van der Waals surface area contributed by atoms with Crippen LogP contribution in [0.1, 0.15) is 34.8 Å². The Morgan fingerprint density at radius 1 is 0.900 bits per heavy atom. The van der Waals surface area contributed by atoms with Crippen LogP contribution < -0.4 is 0 Å². The summed E-state index contributed by atoms with van der Waals surface area (Å²) in [5.74, 6) is 0.0277. The van der Waals surface area contributed by atoms with Gasteiger partial charge in [-0.05, 0) is 23.6 Å². The summed E-state index contributed by atoms with van der Waals surface area (Å²) in [4.78, 5) is 12.0. The Bertz CT molecular complexity index is 621. The van der Waals surface area contributed by atoms with Crippen LogP contribution in [-0.2, 0) is 0 Å². The molecule has 2 aromatic carbocycles. The van der Waals surface area contributed by atoms with Crippen molar-refractivity contribution in [1.82, 2.24) is 0 Å². The second kappa shape index (κ2) is 7.25. The molecule has 0 saturated carbocycles. The van der Waals surface area contributed by atoms with E-state index in [2.05, 4.69) is 25.1 Å². The lowest BCUT2D eigenvalue weighted by atomic mass is 10.0. The molecule has 0 spiro atoms. The van der Waals surface area contributed by atoms with Crippen LogP contribution in [0.15, 0.2) is 66.7 Å². The highest BCUT2D eigenvalue weighted by atomic mass is 16.1. The first-order chi connectivity index (χ1) is 9.81. The Morgan fingerprint density at radius 3 is 2.15 bits per heavy atom. The lowest BCUT2D eigenvalue weighted by molar-refractivity contribution is 0.104. The minimum absolute atomic E-state index is 0.0277. The number of benzene rings is 2. The Morgan fingerprint density at radius 2 is 1.50 bits per heavy atom. The molecule has 1 nitrogen and oxygen atoms in total. The molecule has 2 aromatic rings. The van der Waals surface area contributed by atoms with Gasteiger partial charge in [0.1, 0.15) is 0 Å². The van der Waals surface area contributed by atoms with E-state index in [0.717, 1.165) is 17.5 Å². The maximum absolute atomic E-state index is 12.0. The first-order valence-corrected chi connectivity index (χ1v) is 6.84. The molecule has 0 aliphatic carbocycles. The molecule has 2 rings (SSSR count). The predicted molar refractivity (Wildman–Crippen MR) is 85.6 cm³/mol. The molecule has 0 bridgehead atoms. The number of carbonyl (C=O) groups excluding carboxylic acids is 1. The minimum Gasteiger partial charge on any atom is -0.289 e. The third-order valence-electron chi connectivity index (χ3n) is 3.00. The van der Waals surface area contributed by atoms with Crippen molar-refractivity contribution in [3.05, 3.63) is 83.4 Å². The smallest absolute Gasteiger partial charge is 0.185 e. The van der Waals surface area contributed by atoms with Gasteiger partial charge in [-0.3, -0.25) is 4.79 Å². The number of rotatable bonds is 5. The van der Waals surface area contributed by atoms with Crippen LogP contribution in [0, 0.1) is 0 Å². The molecular weight excluding hydrogens is 244 g/mol. The molecule has 0 radical (unpaired) electrons. The van der Waals surface area contributed by atoms with Crippen molar-refractivity contribution >= 4 is 17.9 Å². The maximum atomic E-state index is 12.0. The number of hydrogen-bond donors (Lipinski definition) is 0. The molecule has 0 aliphatic heterocycles. The third kappa shape index (κ3) is 3.79. The van der Waals surface area contributed by atoms with Crippen molar-refractivity contribution in [2.24, 2.45) is 0 Å². The Hall–Kier alpha value is -2.41. The molecule has 0 atom stereocenters. The molecule has 0 aromatic heterocycles. The van der Waals surface area contributed by atoms with E-state index in [1.807, 2.05) is 54.6 Å². The normalized spacial score (nSPS) is 11.2. The predicted octanol–water partition coefficient (Wildman–Crippen LogP) is 5.01. The van der Waals surface area contributed by atoms with Crippen molar-refractivity contribution in [2.45, 2.75) is 13.3 Å². The quantitative estimate of drug-likeness (QED) is 0.547. The SMILES string of the molecule is CCC=Cc1ccccc1C=CC(=O)c1ccccc1. The van der Waals surface area contributed by atoms with Gasteiger partial charge in [0, 0.05) is 5.56 Å². The highest BCUT2D eigenvalue weighted by Gasteiger charge is 2.00. The first kappa shape index (κ1) is 14.0. The van der Waals surface area contributed by atoms with Gasteiger partial charge >= 0.3 is 0 Å². The van der Waals surface area contributed by atoms with E-state index in [4.69, 9.17) is 0 Å². The van der Waals surface area contributed by atoms with Crippen LogP contribution in [0.25, 0.3) is 12.2 Å². The molecule has 0 aliphatic rings. The van der Waals surface area contributed by atoms with E-state index in [1.165, 1.54) is 0 Å². The molecule has 0 unspecified atom stereocenters. The van der Waals surface area contributed by atoms with Crippen molar-refractivity contribution in [3.63, 3.8) is 0 Å². The fraction of sp³-hybridized carbons (Fsp3) is 0.105. The fourth-order valence-corrected chi connectivity index (χ4v) is 1.92. The van der Waals surface area contributed by atoms with Crippen LogP contribution >= 0.6 is 0 Å². The van der Waals surface area contributed by atoms with E-state index in [1.54, 1.807) is 6.08 Å². The Labute approximate surface area is 120 Å². The van der Waals surface area contributed by atoms with Crippen LogP contribution in [-0.4, -0.2) is 5.78 Å². The summed E-state index contributed by atoms with van der Waals surface area (Å²) >= 11 is 0. The number of allylic oxidation sites excluding steroid dienone is 2. The van der Waals surface area contributed by atoms with Crippen LogP contribution in [0.5, 0.6) is 0 Å². The van der Waals surface area contributed by atoms with E-state index in [-0.39, 0.29) is 5.78 Å². The van der Waals surface area contributed by atoms with Gasteiger partial charge in [0.25, 0.3) is 0 Å². The zero-order chi connectivity index (χ0) is 14.2. The molecule has 20 heavy (non-hydrogen) atoms. The first-order valence-electron chi connectivity index (χ1n) is 6.84. The standard InChI is InChI=1S/C19H18O/c1-2-3-9-16-10-7-8-11-17(16)14-15-19(20)18-12-5-4-6-13-18/h3-15H,2H2,1H3. The molecule has 100 valence electrons. The van der Waals surface area contributed by atoms with Gasteiger partial charge in [-0.2, -0.15) is 0 Å². The summed E-state index contributed by atoms with van der Waals surface area (Å²) in [6.07, 6.45) is 8.72. The highest BCUT2D eigenvalue weighted by Crippen LogP contribution is 2.13. The summed E-state index contributed by atoms with van der Waals surface area (Å²) in [6, 6.07) is 17.4. The molecular formula is C19H18O. The van der Waals surface area contributed by atoms with Crippen LogP contribution in [0.2, 0.25) is 0 Å². The minimum atomic E-state index is 0.0277. The fourth-order valence-electron chi connectivity index (χ4n) is 1.92. The third-order valence-corrected chi connectivity index (χ3v) is 3.00. The topological polar surface area (TPSA) is 17.1 Å². The summed E-state index contributed by atoms with van der Waals surface area (Å²) in [6.45, 7) is 2.11. The van der Waals surface area contributed by atoms with Crippen molar-refractivity contribution in [3.8, 4) is 0 Å². The monoisotopic (exact) mass is 262 g/mol. The second-order valence-electron chi connectivity index (χ2n) is 4.50. The summed E-state index contributed by atoms with van der Waals surface area (Å²) in [5, 5.41) is 0. The molecule has 0 fully saturated rings.